The Bertz CT molecular complexity index is 710. The highest BCUT2D eigenvalue weighted by Crippen LogP contribution is 2.03. The number of hydrogen-bond donors (Lipinski definition) is 3. The molecule has 0 spiro atoms. The molecule has 0 fully saturated rings. The third-order valence-electron chi connectivity index (χ3n) is 3.77. The van der Waals surface area contributed by atoms with Gasteiger partial charge in [-0.2, -0.15) is 0 Å². The number of guanidine groups is 1. The minimum absolute atomic E-state index is 0.0427. The molecule has 8 nitrogen and oxygen atoms in total. The van der Waals surface area contributed by atoms with Gasteiger partial charge >= 0.3 is 0 Å². The molecule has 0 aliphatic heterocycles. The number of carbonyl (C=O) groups excluding carboxylic acids is 1. The van der Waals surface area contributed by atoms with Gasteiger partial charge in [0.05, 0.1) is 0 Å². The number of nitrogens with one attached hydrogen (secondary N) is 3. The highest BCUT2D eigenvalue weighted by atomic mass is 16.1. The summed E-state index contributed by atoms with van der Waals surface area (Å²) in [5.41, 5.74) is 0.798. The molecular weight excluding hydrogens is 318 g/mol. The van der Waals surface area contributed by atoms with E-state index in [9.17, 15) is 4.79 Å². The van der Waals surface area contributed by atoms with Gasteiger partial charge in [-0.15, -0.1) is 10.2 Å². The molecule has 0 radical (unpaired) electrons. The van der Waals surface area contributed by atoms with Crippen molar-refractivity contribution in [3.63, 3.8) is 0 Å². The van der Waals surface area contributed by atoms with Gasteiger partial charge in [0.15, 0.2) is 17.4 Å². The lowest BCUT2D eigenvalue weighted by Gasteiger charge is -2.13. The molecule has 0 aromatic carbocycles. The van der Waals surface area contributed by atoms with Gasteiger partial charge in [0.2, 0.25) is 5.91 Å². The number of pyridine rings is 1. The van der Waals surface area contributed by atoms with Crippen LogP contribution in [0.4, 0.5) is 0 Å². The number of nitrogens with zero attached hydrogens (tertiary/aromatic N) is 4. The Hall–Kier alpha value is -2.64. The molecule has 0 saturated heterocycles. The number of hydrogen-bond acceptors (Lipinski definition) is 4. The first kappa shape index (κ1) is 18.7. The molecule has 2 heterocycles. The predicted octanol–water partition coefficient (Wildman–Crippen LogP) is 1.09. The van der Waals surface area contributed by atoms with Gasteiger partial charge in [-0.3, -0.25) is 9.20 Å². The minimum atomic E-state index is 0.0427. The van der Waals surface area contributed by atoms with Crippen molar-refractivity contribution in [2.24, 2.45) is 4.99 Å². The quantitative estimate of drug-likeness (QED) is 0.492. The molecule has 25 heavy (non-hydrogen) atoms. The second kappa shape index (κ2) is 9.61. The largest absolute Gasteiger partial charge is 0.357 e. The number of aliphatic imine (C=N–C) groups is 1. The molecule has 0 aliphatic rings. The fourth-order valence-electron chi connectivity index (χ4n) is 2.23. The van der Waals surface area contributed by atoms with Crippen LogP contribution in [0.2, 0.25) is 0 Å². The zero-order chi connectivity index (χ0) is 18.1. The van der Waals surface area contributed by atoms with E-state index in [1.807, 2.05) is 49.6 Å². The average Bonchev–Trinajstić information content (AvgIpc) is 3.02. The van der Waals surface area contributed by atoms with E-state index in [0.29, 0.717) is 25.5 Å². The zero-order valence-electron chi connectivity index (χ0n) is 15.1. The highest BCUT2D eigenvalue weighted by molar-refractivity contribution is 5.81. The topological polar surface area (TPSA) is 95.7 Å². The molecule has 136 valence electrons. The molecule has 0 saturated carbocycles. The summed E-state index contributed by atoms with van der Waals surface area (Å²) in [5, 5.41) is 17.6. The van der Waals surface area contributed by atoms with Crippen LogP contribution >= 0.6 is 0 Å². The summed E-state index contributed by atoms with van der Waals surface area (Å²) in [7, 11) is 0. The number of aromatic nitrogens is 3. The van der Waals surface area contributed by atoms with E-state index >= 15 is 0 Å². The molecule has 8 heteroatoms. The van der Waals surface area contributed by atoms with Crippen LogP contribution in [-0.2, 0) is 11.3 Å². The van der Waals surface area contributed by atoms with Crippen molar-refractivity contribution in [1.29, 1.82) is 0 Å². The van der Waals surface area contributed by atoms with Crippen molar-refractivity contribution < 1.29 is 4.79 Å². The van der Waals surface area contributed by atoms with Crippen LogP contribution < -0.4 is 16.0 Å². The second-order valence-electron chi connectivity index (χ2n) is 5.79. The van der Waals surface area contributed by atoms with Gasteiger partial charge in [-0.25, -0.2) is 4.99 Å². The SMILES string of the molecule is CCNC(=NCc1nnc2ccccn12)NCCC(=O)NC(C)CC. The molecule has 3 N–H and O–H groups in total. The number of rotatable bonds is 8. The molecule has 0 aliphatic carbocycles. The van der Waals surface area contributed by atoms with E-state index < -0.39 is 0 Å². The van der Waals surface area contributed by atoms with E-state index in [1.165, 1.54) is 0 Å². The maximum absolute atomic E-state index is 11.8. The zero-order valence-corrected chi connectivity index (χ0v) is 15.1. The Morgan fingerprint density at radius 1 is 1.28 bits per heavy atom. The lowest BCUT2D eigenvalue weighted by Crippen LogP contribution is -2.40. The van der Waals surface area contributed by atoms with Gasteiger partial charge in [-0.05, 0) is 32.4 Å². The molecule has 2 aromatic heterocycles. The molecule has 1 atom stereocenters. The number of carbonyl (C=O) groups is 1. The van der Waals surface area contributed by atoms with Crippen molar-refractivity contribution in [2.45, 2.75) is 46.2 Å². The maximum Gasteiger partial charge on any atom is 0.221 e. The smallest absolute Gasteiger partial charge is 0.221 e. The van der Waals surface area contributed by atoms with Crippen molar-refractivity contribution in [3.8, 4) is 0 Å². The van der Waals surface area contributed by atoms with Crippen molar-refractivity contribution in [1.82, 2.24) is 30.5 Å². The summed E-state index contributed by atoms with van der Waals surface area (Å²) in [6.07, 6.45) is 3.25. The van der Waals surface area contributed by atoms with Gasteiger partial charge in [0.25, 0.3) is 0 Å². The van der Waals surface area contributed by atoms with Gasteiger partial charge < -0.3 is 16.0 Å². The molecule has 1 unspecified atom stereocenters. The van der Waals surface area contributed by atoms with E-state index in [0.717, 1.165) is 24.4 Å². The third kappa shape index (κ3) is 5.74. The second-order valence-corrected chi connectivity index (χ2v) is 5.79. The predicted molar refractivity (Wildman–Crippen MR) is 98.3 cm³/mol. The van der Waals surface area contributed by atoms with Crippen LogP contribution in [0, 0.1) is 0 Å². The number of amides is 1. The summed E-state index contributed by atoms with van der Waals surface area (Å²) in [6.45, 7) is 7.71. The van der Waals surface area contributed by atoms with E-state index in [4.69, 9.17) is 0 Å². The lowest BCUT2D eigenvalue weighted by molar-refractivity contribution is -0.121. The average molecular weight is 345 g/mol. The summed E-state index contributed by atoms with van der Waals surface area (Å²) in [5.74, 6) is 1.47. The van der Waals surface area contributed by atoms with Crippen LogP contribution in [0.3, 0.4) is 0 Å². The fourth-order valence-corrected chi connectivity index (χ4v) is 2.23. The Balaban J connectivity index is 1.89. The Morgan fingerprint density at radius 3 is 2.88 bits per heavy atom. The molecule has 1 amide bonds. The molecule has 2 aromatic rings. The molecule has 0 bridgehead atoms. The Kier molecular flexibility index (Phi) is 7.18. The minimum Gasteiger partial charge on any atom is -0.357 e. The lowest BCUT2D eigenvalue weighted by atomic mass is 10.2. The normalized spacial score (nSPS) is 12.8. The number of fused-ring (bicyclic) bond motifs is 1. The summed E-state index contributed by atoms with van der Waals surface area (Å²) in [4.78, 5) is 16.3. The molecular formula is C17H27N7O. The van der Waals surface area contributed by atoms with Crippen LogP contribution in [0.15, 0.2) is 29.4 Å². The van der Waals surface area contributed by atoms with E-state index in [1.54, 1.807) is 0 Å². The monoisotopic (exact) mass is 345 g/mol. The standard InChI is InChI=1S/C17H27N7O/c1-4-13(3)21-16(25)9-10-19-17(18-5-2)20-12-15-23-22-14-8-6-7-11-24(14)15/h6-8,11,13H,4-5,9-10,12H2,1-3H3,(H,21,25)(H2,18,19,20). The van der Waals surface area contributed by atoms with Crippen molar-refractivity contribution >= 4 is 17.5 Å². The van der Waals surface area contributed by atoms with Crippen molar-refractivity contribution in [3.05, 3.63) is 30.2 Å². The maximum atomic E-state index is 11.8. The first-order valence-corrected chi connectivity index (χ1v) is 8.74. The van der Waals surface area contributed by atoms with Gasteiger partial charge in [-0.1, -0.05) is 13.0 Å². The first-order chi connectivity index (χ1) is 12.1. The fraction of sp³-hybridized carbons (Fsp3) is 0.529. The van der Waals surface area contributed by atoms with Gasteiger partial charge in [0, 0.05) is 31.7 Å². The molecule has 2 rings (SSSR count). The van der Waals surface area contributed by atoms with Crippen LogP contribution in [0.1, 0.15) is 39.4 Å². The summed E-state index contributed by atoms with van der Waals surface area (Å²) >= 11 is 0. The van der Waals surface area contributed by atoms with Crippen molar-refractivity contribution in [2.75, 3.05) is 13.1 Å². The summed E-state index contributed by atoms with van der Waals surface area (Å²) < 4.78 is 1.91. The van der Waals surface area contributed by atoms with Crippen LogP contribution in [-0.4, -0.2) is 45.6 Å². The highest BCUT2D eigenvalue weighted by Gasteiger charge is 2.07. The van der Waals surface area contributed by atoms with Crippen LogP contribution in [0.25, 0.3) is 5.65 Å². The first-order valence-electron chi connectivity index (χ1n) is 8.74. The Morgan fingerprint density at radius 2 is 2.12 bits per heavy atom. The summed E-state index contributed by atoms with van der Waals surface area (Å²) in [6, 6.07) is 5.96. The third-order valence-corrected chi connectivity index (χ3v) is 3.77. The van der Waals surface area contributed by atoms with E-state index in [-0.39, 0.29) is 11.9 Å². The van der Waals surface area contributed by atoms with Gasteiger partial charge in [0.1, 0.15) is 6.54 Å². The Labute approximate surface area is 148 Å². The van der Waals surface area contributed by atoms with Crippen LogP contribution in [0.5, 0.6) is 0 Å². The van der Waals surface area contributed by atoms with E-state index in [2.05, 4.69) is 31.1 Å².